The Morgan fingerprint density at radius 1 is 1.20 bits per heavy atom. The first-order valence-electron chi connectivity index (χ1n) is 9.32. The van der Waals surface area contributed by atoms with Crippen molar-refractivity contribution in [3.63, 3.8) is 0 Å². The molecule has 12 heteroatoms. The lowest BCUT2D eigenvalue weighted by molar-refractivity contribution is -0.124. The molecule has 0 spiro atoms. The van der Waals surface area contributed by atoms with Gasteiger partial charge in [0.05, 0.1) is 40.8 Å². The molecule has 3 rings (SSSR count). The van der Waals surface area contributed by atoms with E-state index in [4.69, 9.17) is 18.9 Å². The van der Waals surface area contributed by atoms with E-state index >= 15 is 0 Å². The van der Waals surface area contributed by atoms with Crippen LogP contribution in [0, 0.1) is 0 Å². The minimum atomic E-state index is -0.690. The molecular weight excluding hydrogens is 394 g/mol. The largest absolute Gasteiger partial charge is 0.493 e. The number of hydrogen-bond donors (Lipinski definition) is 1. The van der Waals surface area contributed by atoms with Gasteiger partial charge >= 0.3 is 0 Å². The third kappa shape index (κ3) is 4.76. The van der Waals surface area contributed by atoms with Crippen molar-refractivity contribution in [2.24, 2.45) is 5.10 Å². The van der Waals surface area contributed by atoms with Crippen molar-refractivity contribution < 1.29 is 23.7 Å². The molecule has 1 saturated heterocycles. The molecule has 1 N–H and O–H groups in total. The summed E-state index contributed by atoms with van der Waals surface area (Å²) in [7, 11) is 4.58. The summed E-state index contributed by atoms with van der Waals surface area (Å²) < 4.78 is 21.2. The van der Waals surface area contributed by atoms with Crippen molar-refractivity contribution in [1.29, 1.82) is 0 Å². The minimum Gasteiger partial charge on any atom is -0.493 e. The number of carbonyl (C=O) groups is 1. The summed E-state index contributed by atoms with van der Waals surface area (Å²) in [5.74, 6) is 1.53. The lowest BCUT2D eigenvalue weighted by Crippen LogP contribution is -2.37. The Morgan fingerprint density at radius 2 is 1.87 bits per heavy atom. The molecule has 162 valence electrons. The fourth-order valence-electron chi connectivity index (χ4n) is 2.82. The zero-order valence-corrected chi connectivity index (χ0v) is 17.4. The molecule has 1 aromatic carbocycles. The third-order valence-electron chi connectivity index (χ3n) is 4.51. The first-order valence-corrected chi connectivity index (χ1v) is 9.32. The van der Waals surface area contributed by atoms with Gasteiger partial charge in [-0.3, -0.25) is 4.79 Å². The highest BCUT2D eigenvalue weighted by atomic mass is 16.5. The van der Waals surface area contributed by atoms with Gasteiger partial charge < -0.3 is 23.8 Å². The Morgan fingerprint density at radius 3 is 2.47 bits per heavy atom. The van der Waals surface area contributed by atoms with Crippen molar-refractivity contribution in [2.45, 2.75) is 13.0 Å². The molecular formula is C18H25N7O5. The molecule has 1 aliphatic rings. The van der Waals surface area contributed by atoms with Crippen LogP contribution in [0.3, 0.4) is 0 Å². The number of aromatic nitrogens is 4. The maximum absolute atomic E-state index is 12.4. The van der Waals surface area contributed by atoms with Gasteiger partial charge in [0.15, 0.2) is 17.5 Å². The van der Waals surface area contributed by atoms with E-state index in [0.29, 0.717) is 55.1 Å². The van der Waals surface area contributed by atoms with Crippen LogP contribution in [0.15, 0.2) is 17.2 Å². The molecule has 0 bridgehead atoms. The van der Waals surface area contributed by atoms with E-state index in [2.05, 4.69) is 25.9 Å². The van der Waals surface area contributed by atoms with Crippen LogP contribution >= 0.6 is 0 Å². The van der Waals surface area contributed by atoms with Crippen molar-refractivity contribution in [1.82, 2.24) is 25.6 Å². The molecule has 12 nitrogen and oxygen atoms in total. The molecule has 2 heterocycles. The topological polar surface area (TPSA) is 125 Å². The minimum absolute atomic E-state index is 0.385. The van der Waals surface area contributed by atoms with Crippen LogP contribution in [0.2, 0.25) is 0 Å². The molecule has 0 saturated carbocycles. The third-order valence-corrected chi connectivity index (χ3v) is 4.51. The van der Waals surface area contributed by atoms with E-state index in [-0.39, 0.29) is 5.91 Å². The van der Waals surface area contributed by atoms with Crippen LogP contribution in [-0.4, -0.2) is 80.0 Å². The molecule has 0 aliphatic carbocycles. The molecule has 1 aliphatic heterocycles. The zero-order valence-electron chi connectivity index (χ0n) is 17.4. The van der Waals surface area contributed by atoms with Gasteiger partial charge in [-0.05, 0) is 24.3 Å². The number of carbonyl (C=O) groups excluding carboxylic acids is 1. The number of rotatable bonds is 8. The number of anilines is 1. The number of amides is 1. The van der Waals surface area contributed by atoms with Crippen molar-refractivity contribution in [3.8, 4) is 17.2 Å². The predicted molar refractivity (Wildman–Crippen MR) is 107 cm³/mol. The molecule has 0 unspecified atom stereocenters. The summed E-state index contributed by atoms with van der Waals surface area (Å²) in [5.41, 5.74) is 3.14. The Balaban J connectivity index is 1.63. The summed E-state index contributed by atoms with van der Waals surface area (Å²) >= 11 is 0. The van der Waals surface area contributed by atoms with Crippen LogP contribution in [0.5, 0.6) is 17.2 Å². The maximum atomic E-state index is 12.4. The number of tetrazole rings is 1. The van der Waals surface area contributed by atoms with Gasteiger partial charge in [0.2, 0.25) is 5.75 Å². The lowest BCUT2D eigenvalue weighted by atomic mass is 10.2. The number of hydrogen-bond acceptors (Lipinski definition) is 10. The van der Waals surface area contributed by atoms with Crippen LogP contribution in [0.25, 0.3) is 0 Å². The summed E-state index contributed by atoms with van der Waals surface area (Å²) in [6.07, 6.45) is 1.48. The van der Waals surface area contributed by atoms with E-state index < -0.39 is 6.04 Å². The van der Waals surface area contributed by atoms with Crippen LogP contribution in [0.4, 0.5) is 5.95 Å². The summed E-state index contributed by atoms with van der Waals surface area (Å²) in [4.78, 5) is 15.6. The van der Waals surface area contributed by atoms with E-state index in [1.165, 1.54) is 32.3 Å². The zero-order chi connectivity index (χ0) is 21.5. The summed E-state index contributed by atoms with van der Waals surface area (Å²) in [6, 6.07) is 2.74. The van der Waals surface area contributed by atoms with Gasteiger partial charge in [-0.25, -0.2) is 5.43 Å². The molecule has 1 amide bonds. The Kier molecular flexibility index (Phi) is 7.01. The number of nitrogens with one attached hydrogen (secondary N) is 1. The van der Waals surface area contributed by atoms with Gasteiger partial charge in [0, 0.05) is 18.7 Å². The standard InChI is InChI=1S/C18H25N7O5/c1-12(25-22-18(21-23-25)24-5-7-30-8-6-24)17(26)20-19-11-13-9-14(27-2)16(29-4)15(10-13)28-3/h9-12H,5-8H2,1-4H3,(H,20,26)/b19-11-/t12-/m1/s1. The predicted octanol–water partition coefficient (Wildman–Crippen LogP) is 0.247. The first-order chi connectivity index (χ1) is 14.6. The van der Waals surface area contributed by atoms with E-state index in [1.807, 2.05) is 4.90 Å². The molecule has 2 aromatic rings. The number of nitrogens with zero attached hydrogens (tertiary/aromatic N) is 6. The highest BCUT2D eigenvalue weighted by molar-refractivity contribution is 5.85. The van der Waals surface area contributed by atoms with Crippen LogP contribution in [0.1, 0.15) is 18.5 Å². The highest BCUT2D eigenvalue weighted by Gasteiger charge is 2.21. The smallest absolute Gasteiger partial charge is 0.266 e. The van der Waals surface area contributed by atoms with Gasteiger partial charge in [-0.1, -0.05) is 5.10 Å². The molecule has 30 heavy (non-hydrogen) atoms. The number of morpholine rings is 1. The average molecular weight is 419 g/mol. The molecule has 1 aromatic heterocycles. The SMILES string of the molecule is COc1cc(/C=N\NC(=O)[C@@H](C)n2nnc(N3CCOCC3)n2)cc(OC)c1OC. The second kappa shape index (κ2) is 9.87. The van der Waals surface area contributed by atoms with E-state index in [9.17, 15) is 4.79 Å². The van der Waals surface area contributed by atoms with Crippen LogP contribution in [-0.2, 0) is 9.53 Å². The maximum Gasteiger partial charge on any atom is 0.266 e. The Hall–Kier alpha value is -3.41. The Labute approximate surface area is 173 Å². The fraction of sp³-hybridized carbons (Fsp3) is 0.500. The molecule has 1 atom stereocenters. The highest BCUT2D eigenvalue weighted by Crippen LogP contribution is 2.37. The van der Waals surface area contributed by atoms with Gasteiger partial charge in [-0.15, -0.1) is 9.90 Å². The molecule has 1 fully saturated rings. The number of ether oxygens (including phenoxy) is 4. The Bertz CT molecular complexity index is 870. The molecule has 0 radical (unpaired) electrons. The van der Waals surface area contributed by atoms with Gasteiger partial charge in [-0.2, -0.15) is 5.10 Å². The second-order valence-corrected chi connectivity index (χ2v) is 6.38. The number of methoxy groups -OCH3 is 3. The number of benzene rings is 1. The lowest BCUT2D eigenvalue weighted by Gasteiger charge is -2.24. The van der Waals surface area contributed by atoms with Gasteiger partial charge in [0.25, 0.3) is 11.9 Å². The average Bonchev–Trinajstić information content (AvgIpc) is 3.28. The summed E-state index contributed by atoms with van der Waals surface area (Å²) in [5, 5.41) is 16.3. The van der Waals surface area contributed by atoms with E-state index in [0.717, 1.165) is 0 Å². The van der Waals surface area contributed by atoms with Crippen molar-refractivity contribution in [3.05, 3.63) is 17.7 Å². The second-order valence-electron chi connectivity index (χ2n) is 6.38. The summed E-state index contributed by atoms with van der Waals surface area (Å²) in [6.45, 7) is 4.26. The van der Waals surface area contributed by atoms with E-state index in [1.54, 1.807) is 19.1 Å². The monoisotopic (exact) mass is 419 g/mol. The quantitative estimate of drug-likeness (QED) is 0.473. The normalized spacial score (nSPS) is 15.1. The van der Waals surface area contributed by atoms with Crippen molar-refractivity contribution >= 4 is 18.1 Å². The van der Waals surface area contributed by atoms with Gasteiger partial charge in [0.1, 0.15) is 0 Å². The van der Waals surface area contributed by atoms with Crippen molar-refractivity contribution in [2.75, 3.05) is 52.5 Å². The first kappa shape index (κ1) is 21.3. The number of hydrazone groups is 1. The van der Waals surface area contributed by atoms with Crippen LogP contribution < -0.4 is 24.5 Å². The fourth-order valence-corrected chi connectivity index (χ4v) is 2.82.